The molecule has 0 spiro atoms. The Kier molecular flexibility index (Phi) is 5.82. The summed E-state index contributed by atoms with van der Waals surface area (Å²) in [6, 6.07) is 15.0. The Hall–Kier alpha value is -2.30. The summed E-state index contributed by atoms with van der Waals surface area (Å²) in [6.07, 6.45) is 0. The topological polar surface area (TPSA) is 44.1 Å². The van der Waals surface area contributed by atoms with E-state index in [-0.39, 0.29) is 0 Å². The van der Waals surface area contributed by atoms with Crippen LogP contribution in [0.25, 0.3) is 11.4 Å². The molecule has 0 saturated heterocycles. The minimum absolute atomic E-state index is 0.291. The molecule has 146 valence electrons. The van der Waals surface area contributed by atoms with Crippen LogP contribution in [0, 0.1) is 6.92 Å². The minimum atomic E-state index is -0.603. The first-order valence-corrected chi connectivity index (χ1v) is 9.71. The van der Waals surface area contributed by atoms with Crippen LogP contribution in [0.5, 0.6) is 0 Å². The maximum Gasteiger partial charge on any atom is 0.359 e. The van der Waals surface area contributed by atoms with Crippen molar-refractivity contribution in [1.82, 2.24) is 9.55 Å². The summed E-state index contributed by atoms with van der Waals surface area (Å²) in [7, 11) is 0. The zero-order valence-corrected chi connectivity index (χ0v) is 17.8. The SMILES string of the molecule is Cc1c(C(=O)OC(C)(C)C)nc(-c2ccccc2Cl)n1Cc1ccc(Cl)cc1. The normalized spacial score (nSPS) is 11.5. The fraction of sp³-hybridized carbons (Fsp3) is 0.273. The first-order valence-electron chi connectivity index (χ1n) is 8.95. The van der Waals surface area contributed by atoms with Gasteiger partial charge in [0.25, 0.3) is 0 Å². The van der Waals surface area contributed by atoms with E-state index in [1.54, 1.807) is 6.07 Å². The molecular formula is C22H22Cl2N2O2. The lowest BCUT2D eigenvalue weighted by Gasteiger charge is -2.18. The standard InChI is InChI=1S/C22H22Cl2N2O2/c1-14-19(21(27)28-22(2,3)4)25-20(17-7-5-6-8-18(17)24)26(14)13-15-9-11-16(23)12-10-15/h5-12H,13H2,1-4H3. The van der Waals surface area contributed by atoms with Crippen LogP contribution in [0.1, 0.15) is 42.5 Å². The Labute approximate surface area is 175 Å². The van der Waals surface area contributed by atoms with E-state index >= 15 is 0 Å². The second kappa shape index (κ2) is 7.98. The number of nitrogens with zero attached hydrogens (tertiary/aromatic N) is 2. The first-order chi connectivity index (χ1) is 13.2. The van der Waals surface area contributed by atoms with Crippen LogP contribution >= 0.6 is 23.2 Å². The van der Waals surface area contributed by atoms with Gasteiger partial charge in [0.2, 0.25) is 0 Å². The fourth-order valence-electron chi connectivity index (χ4n) is 2.87. The molecule has 0 aliphatic carbocycles. The van der Waals surface area contributed by atoms with Crippen molar-refractivity contribution < 1.29 is 9.53 Å². The number of hydrogen-bond acceptors (Lipinski definition) is 3. The van der Waals surface area contributed by atoms with E-state index < -0.39 is 11.6 Å². The van der Waals surface area contributed by atoms with Gasteiger partial charge in [0.05, 0.1) is 5.02 Å². The monoisotopic (exact) mass is 416 g/mol. The molecule has 0 atom stereocenters. The molecule has 4 nitrogen and oxygen atoms in total. The van der Waals surface area contributed by atoms with Gasteiger partial charge in [-0.1, -0.05) is 47.5 Å². The van der Waals surface area contributed by atoms with Crippen molar-refractivity contribution in [3.05, 3.63) is 75.5 Å². The third kappa shape index (κ3) is 4.57. The van der Waals surface area contributed by atoms with Crippen LogP contribution in [0.15, 0.2) is 48.5 Å². The number of hydrogen-bond donors (Lipinski definition) is 0. The second-order valence-electron chi connectivity index (χ2n) is 7.56. The first kappa shape index (κ1) is 20.4. The van der Waals surface area contributed by atoms with E-state index in [9.17, 15) is 4.79 Å². The molecule has 0 saturated carbocycles. The fourth-order valence-corrected chi connectivity index (χ4v) is 3.21. The van der Waals surface area contributed by atoms with Gasteiger partial charge in [0.15, 0.2) is 5.69 Å². The molecule has 6 heteroatoms. The lowest BCUT2D eigenvalue weighted by molar-refractivity contribution is 0.00624. The number of rotatable bonds is 4. The van der Waals surface area contributed by atoms with Crippen molar-refractivity contribution in [3.63, 3.8) is 0 Å². The Balaban J connectivity index is 2.11. The van der Waals surface area contributed by atoms with Gasteiger partial charge in [-0.05, 0) is 57.5 Å². The summed E-state index contributed by atoms with van der Waals surface area (Å²) in [5.41, 5.74) is 2.21. The van der Waals surface area contributed by atoms with Crippen molar-refractivity contribution in [2.24, 2.45) is 0 Å². The predicted molar refractivity (Wildman–Crippen MR) is 113 cm³/mol. The van der Waals surface area contributed by atoms with Gasteiger partial charge in [-0.2, -0.15) is 0 Å². The van der Waals surface area contributed by atoms with Crippen LogP contribution in [0.2, 0.25) is 10.0 Å². The number of ether oxygens (including phenoxy) is 1. The zero-order chi connectivity index (χ0) is 20.5. The molecule has 2 aromatic carbocycles. The molecule has 0 unspecified atom stereocenters. The Bertz CT molecular complexity index is 1000. The highest BCUT2D eigenvalue weighted by Gasteiger charge is 2.26. The van der Waals surface area contributed by atoms with E-state index in [1.807, 2.05) is 74.7 Å². The Morgan fingerprint density at radius 1 is 1.07 bits per heavy atom. The van der Waals surface area contributed by atoms with Gasteiger partial charge in [0, 0.05) is 22.8 Å². The van der Waals surface area contributed by atoms with Crippen LogP contribution in [0.3, 0.4) is 0 Å². The van der Waals surface area contributed by atoms with E-state index in [2.05, 4.69) is 4.98 Å². The molecule has 0 bridgehead atoms. The maximum atomic E-state index is 12.7. The van der Waals surface area contributed by atoms with Crippen molar-refractivity contribution in [2.75, 3.05) is 0 Å². The molecule has 0 aliphatic heterocycles. The average molecular weight is 417 g/mol. The summed E-state index contributed by atoms with van der Waals surface area (Å²) < 4.78 is 7.52. The number of carbonyl (C=O) groups excluding carboxylic acids is 1. The number of esters is 1. The minimum Gasteiger partial charge on any atom is -0.455 e. The Morgan fingerprint density at radius 3 is 2.32 bits per heavy atom. The van der Waals surface area contributed by atoms with E-state index in [0.717, 1.165) is 16.8 Å². The number of carbonyl (C=O) groups is 1. The molecular weight excluding hydrogens is 395 g/mol. The molecule has 28 heavy (non-hydrogen) atoms. The quantitative estimate of drug-likeness (QED) is 0.477. The average Bonchev–Trinajstić information content (AvgIpc) is 2.93. The van der Waals surface area contributed by atoms with Gasteiger partial charge in [-0.15, -0.1) is 0 Å². The van der Waals surface area contributed by atoms with Crippen molar-refractivity contribution in [1.29, 1.82) is 0 Å². The predicted octanol–water partition coefficient (Wildman–Crippen LogP) is 6.17. The number of imidazole rings is 1. The Morgan fingerprint density at radius 2 is 1.71 bits per heavy atom. The molecule has 0 amide bonds. The van der Waals surface area contributed by atoms with Gasteiger partial charge in [0.1, 0.15) is 11.4 Å². The van der Waals surface area contributed by atoms with Crippen LogP contribution in [-0.4, -0.2) is 21.1 Å². The van der Waals surface area contributed by atoms with Crippen LogP contribution in [-0.2, 0) is 11.3 Å². The lowest BCUT2D eigenvalue weighted by Crippen LogP contribution is -2.24. The number of benzene rings is 2. The van der Waals surface area contributed by atoms with E-state index in [4.69, 9.17) is 27.9 Å². The van der Waals surface area contributed by atoms with E-state index in [0.29, 0.717) is 28.1 Å². The van der Waals surface area contributed by atoms with Gasteiger partial charge in [-0.25, -0.2) is 9.78 Å². The lowest BCUT2D eigenvalue weighted by atomic mass is 10.2. The summed E-state index contributed by atoms with van der Waals surface area (Å²) in [4.78, 5) is 17.3. The highest BCUT2D eigenvalue weighted by molar-refractivity contribution is 6.33. The summed E-state index contributed by atoms with van der Waals surface area (Å²) in [5, 5.41) is 1.24. The molecule has 3 rings (SSSR count). The molecule has 1 heterocycles. The van der Waals surface area contributed by atoms with Gasteiger partial charge in [-0.3, -0.25) is 0 Å². The third-order valence-corrected chi connectivity index (χ3v) is 4.76. The van der Waals surface area contributed by atoms with E-state index in [1.165, 1.54) is 0 Å². The molecule has 0 aliphatic rings. The molecule has 0 N–H and O–H groups in total. The molecule has 3 aromatic rings. The summed E-state index contributed by atoms with van der Waals surface area (Å²) in [6.45, 7) is 7.89. The highest BCUT2D eigenvalue weighted by Crippen LogP contribution is 2.30. The molecule has 1 aromatic heterocycles. The van der Waals surface area contributed by atoms with Gasteiger partial charge < -0.3 is 9.30 Å². The van der Waals surface area contributed by atoms with Crippen molar-refractivity contribution in [3.8, 4) is 11.4 Å². The summed E-state index contributed by atoms with van der Waals surface area (Å²) in [5.74, 6) is 0.173. The highest BCUT2D eigenvalue weighted by atomic mass is 35.5. The van der Waals surface area contributed by atoms with Crippen LogP contribution in [0.4, 0.5) is 0 Å². The largest absolute Gasteiger partial charge is 0.455 e. The second-order valence-corrected chi connectivity index (χ2v) is 8.41. The molecule has 0 radical (unpaired) electrons. The number of halogens is 2. The number of aromatic nitrogens is 2. The van der Waals surface area contributed by atoms with Crippen molar-refractivity contribution >= 4 is 29.2 Å². The smallest absolute Gasteiger partial charge is 0.359 e. The van der Waals surface area contributed by atoms with Gasteiger partial charge >= 0.3 is 5.97 Å². The van der Waals surface area contributed by atoms with Crippen molar-refractivity contribution in [2.45, 2.75) is 39.8 Å². The summed E-state index contributed by atoms with van der Waals surface area (Å²) >= 11 is 12.4. The van der Waals surface area contributed by atoms with Crippen LogP contribution < -0.4 is 0 Å². The maximum absolute atomic E-state index is 12.7. The third-order valence-electron chi connectivity index (χ3n) is 4.18. The zero-order valence-electron chi connectivity index (χ0n) is 16.3. The molecule has 0 fully saturated rings.